The fourth-order valence-corrected chi connectivity index (χ4v) is 8.19. The van der Waals surface area contributed by atoms with Crippen LogP contribution in [0.1, 0.15) is 93.9 Å². The molecular formula is C41H60O10. The number of carbonyl (C=O) groups is 2. The van der Waals surface area contributed by atoms with E-state index in [1.807, 2.05) is 39.0 Å². The van der Waals surface area contributed by atoms with Crippen molar-refractivity contribution in [1.82, 2.24) is 0 Å². The largest absolute Gasteiger partial charge is 0.462 e. The van der Waals surface area contributed by atoms with Gasteiger partial charge in [-0.2, -0.15) is 0 Å². The molecule has 1 aliphatic carbocycles. The molecule has 0 radical (unpaired) electrons. The first-order valence-corrected chi connectivity index (χ1v) is 18.8. The van der Waals surface area contributed by atoms with Crippen molar-refractivity contribution < 1.29 is 48.2 Å². The highest BCUT2D eigenvalue weighted by Gasteiger charge is 2.51. The molecule has 0 amide bonds. The predicted molar refractivity (Wildman–Crippen MR) is 192 cm³/mol. The summed E-state index contributed by atoms with van der Waals surface area (Å²) < 4.78 is 38.2. The number of hydrogen-bond acceptors (Lipinski definition) is 10. The Balaban J connectivity index is 1.54. The van der Waals surface area contributed by atoms with Gasteiger partial charge >= 0.3 is 5.97 Å². The van der Waals surface area contributed by atoms with Gasteiger partial charge in [0.05, 0.1) is 30.5 Å². The average molecular weight is 713 g/mol. The quantitative estimate of drug-likeness (QED) is 0.256. The minimum Gasteiger partial charge on any atom is -0.462 e. The molecule has 2 fully saturated rings. The molecule has 2 N–H and O–H groups in total. The number of ketones is 1. The van der Waals surface area contributed by atoms with E-state index in [4.69, 9.17) is 28.4 Å². The van der Waals surface area contributed by atoms with Crippen molar-refractivity contribution in [3.63, 3.8) is 0 Å². The third-order valence-electron chi connectivity index (χ3n) is 11.8. The van der Waals surface area contributed by atoms with Crippen LogP contribution in [0.3, 0.4) is 0 Å². The third kappa shape index (κ3) is 8.69. The molecule has 51 heavy (non-hydrogen) atoms. The van der Waals surface area contributed by atoms with Crippen LogP contribution >= 0.6 is 0 Å². The van der Waals surface area contributed by atoms with Crippen molar-refractivity contribution in [3.8, 4) is 0 Å². The Hall–Kier alpha value is -2.44. The van der Waals surface area contributed by atoms with Crippen LogP contribution in [-0.4, -0.2) is 89.5 Å². The van der Waals surface area contributed by atoms with Crippen LogP contribution in [0.15, 0.2) is 59.3 Å². The maximum Gasteiger partial charge on any atom is 0.316 e. The van der Waals surface area contributed by atoms with Crippen molar-refractivity contribution in [2.45, 2.75) is 154 Å². The van der Waals surface area contributed by atoms with Crippen LogP contribution in [0.25, 0.3) is 0 Å². The highest BCUT2D eigenvalue weighted by atomic mass is 16.7. The first-order chi connectivity index (χ1) is 24.1. The van der Waals surface area contributed by atoms with E-state index in [1.54, 1.807) is 33.1 Å². The van der Waals surface area contributed by atoms with Gasteiger partial charge in [0.2, 0.25) is 0 Å². The number of esters is 1. The van der Waals surface area contributed by atoms with Gasteiger partial charge in [0, 0.05) is 44.6 Å². The van der Waals surface area contributed by atoms with E-state index in [9.17, 15) is 19.8 Å². The number of Topliss-reactive ketones (excluding diaryl/α,β-unsaturated/α-hetero) is 1. The number of aliphatic hydroxyl groups is 2. The van der Waals surface area contributed by atoms with E-state index in [2.05, 4.69) is 32.9 Å². The number of aliphatic hydroxyl groups excluding tert-OH is 1. The number of carbonyl (C=O) groups excluding carboxylic acids is 2. The number of allylic oxidation sites excluding steroid dienone is 3. The minimum absolute atomic E-state index is 0.0733. The molecule has 5 rings (SSSR count). The number of fused-ring (bicyclic) bond motifs is 3. The topological polar surface area (TPSA) is 130 Å². The van der Waals surface area contributed by atoms with Crippen LogP contribution < -0.4 is 0 Å². The average Bonchev–Trinajstić information content (AvgIpc) is 3.09. The minimum atomic E-state index is -1.76. The van der Waals surface area contributed by atoms with Gasteiger partial charge in [-0.25, -0.2) is 0 Å². The Bertz CT molecular complexity index is 1430. The summed E-state index contributed by atoms with van der Waals surface area (Å²) in [6.45, 7) is 15.8. The molecule has 0 aromatic carbocycles. The molecule has 1 spiro atoms. The van der Waals surface area contributed by atoms with Crippen molar-refractivity contribution >= 4 is 11.8 Å². The number of rotatable bonds is 5. The van der Waals surface area contributed by atoms with E-state index >= 15 is 0 Å². The van der Waals surface area contributed by atoms with Crippen LogP contribution in [-0.2, 0) is 38.0 Å². The lowest BCUT2D eigenvalue weighted by molar-refractivity contribution is -0.300. The highest BCUT2D eigenvalue weighted by Crippen LogP contribution is 2.43. The molecule has 0 unspecified atom stereocenters. The molecule has 10 heteroatoms. The monoisotopic (exact) mass is 712 g/mol. The second-order valence-corrected chi connectivity index (χ2v) is 15.7. The summed E-state index contributed by atoms with van der Waals surface area (Å²) in [7, 11) is 1.58. The van der Waals surface area contributed by atoms with E-state index in [0.29, 0.717) is 36.8 Å². The van der Waals surface area contributed by atoms with Gasteiger partial charge in [-0.1, -0.05) is 70.6 Å². The zero-order valence-electron chi connectivity index (χ0n) is 31.9. The van der Waals surface area contributed by atoms with Crippen LogP contribution in [0, 0.1) is 23.7 Å². The van der Waals surface area contributed by atoms with Gasteiger partial charge in [0.15, 0.2) is 17.9 Å². The van der Waals surface area contributed by atoms with Gasteiger partial charge in [0.1, 0.15) is 23.7 Å². The van der Waals surface area contributed by atoms with Crippen molar-refractivity contribution in [3.05, 3.63) is 59.3 Å². The SMILES string of the molecule is CC[C@H](C)[C@H]1O[C@]2(C=C[C@@H]1C)C[C@@H]1C[C@@H](C/C=C(\C)[C@@H](O[C@H]3C[C@H](OC)[C@@H](O)[C@H](C)O3)[C@@H](C)/C=C\C=C(/C)[C@]3(O)CC(=O)C(C)=C[C@H]3C(=O)O1)O2. The zero-order valence-corrected chi connectivity index (χ0v) is 31.9. The summed E-state index contributed by atoms with van der Waals surface area (Å²) in [5.74, 6) is -2.61. The fraction of sp³-hybridized carbons (Fsp3) is 0.707. The van der Waals surface area contributed by atoms with E-state index in [1.165, 1.54) is 0 Å². The lowest BCUT2D eigenvalue weighted by atomic mass is 9.72. The Labute approximate surface area is 303 Å². The molecular weight excluding hydrogens is 652 g/mol. The number of methoxy groups -OCH3 is 1. The molecule has 0 aromatic heterocycles. The van der Waals surface area contributed by atoms with Crippen molar-refractivity contribution in [2.24, 2.45) is 23.7 Å². The Morgan fingerprint density at radius 2 is 1.78 bits per heavy atom. The summed E-state index contributed by atoms with van der Waals surface area (Å²) in [5.41, 5.74) is 0.124. The van der Waals surface area contributed by atoms with Gasteiger partial charge in [0.25, 0.3) is 0 Å². The van der Waals surface area contributed by atoms with Crippen LogP contribution in [0.2, 0.25) is 0 Å². The van der Waals surface area contributed by atoms with Gasteiger partial charge < -0.3 is 38.6 Å². The Kier molecular flexibility index (Phi) is 12.7. The van der Waals surface area contributed by atoms with Gasteiger partial charge in [-0.3, -0.25) is 9.59 Å². The molecule has 2 bridgehead atoms. The summed E-state index contributed by atoms with van der Waals surface area (Å²) >= 11 is 0. The highest BCUT2D eigenvalue weighted by molar-refractivity contribution is 5.99. The molecule has 10 nitrogen and oxygen atoms in total. The Morgan fingerprint density at radius 3 is 2.49 bits per heavy atom. The molecule has 284 valence electrons. The molecule has 4 aliphatic heterocycles. The second kappa shape index (κ2) is 16.3. The van der Waals surface area contributed by atoms with Crippen LogP contribution in [0.4, 0.5) is 0 Å². The van der Waals surface area contributed by atoms with Gasteiger partial charge in [-0.15, -0.1) is 0 Å². The van der Waals surface area contributed by atoms with Crippen molar-refractivity contribution in [1.29, 1.82) is 0 Å². The summed E-state index contributed by atoms with van der Waals surface area (Å²) in [6, 6.07) is 0. The molecule has 4 heterocycles. The third-order valence-corrected chi connectivity index (χ3v) is 11.8. The smallest absolute Gasteiger partial charge is 0.316 e. The van der Waals surface area contributed by atoms with Gasteiger partial charge in [-0.05, 0) is 62.8 Å². The van der Waals surface area contributed by atoms with Crippen LogP contribution in [0.5, 0.6) is 0 Å². The maximum absolute atomic E-state index is 14.1. The normalized spacial score (nSPS) is 45.8. The summed E-state index contributed by atoms with van der Waals surface area (Å²) in [4.78, 5) is 27.0. The number of ether oxygens (including phenoxy) is 6. The lowest BCUT2D eigenvalue weighted by Gasteiger charge is -2.48. The lowest BCUT2D eigenvalue weighted by Crippen LogP contribution is -2.54. The molecule has 0 saturated carbocycles. The molecule has 0 aromatic rings. The second-order valence-electron chi connectivity index (χ2n) is 15.7. The fourth-order valence-electron chi connectivity index (χ4n) is 8.19. The first kappa shape index (κ1) is 39.8. The Morgan fingerprint density at radius 1 is 1.04 bits per heavy atom. The van der Waals surface area contributed by atoms with E-state index in [0.717, 1.165) is 12.0 Å². The summed E-state index contributed by atoms with van der Waals surface area (Å²) in [5, 5.41) is 22.7. The first-order valence-electron chi connectivity index (χ1n) is 18.8. The van der Waals surface area contributed by atoms with E-state index < -0.39 is 60.1 Å². The predicted octanol–water partition coefficient (Wildman–Crippen LogP) is 6.06. The number of hydrogen-bond donors (Lipinski definition) is 2. The summed E-state index contributed by atoms with van der Waals surface area (Å²) in [6.07, 6.45) is 12.1. The van der Waals surface area contributed by atoms with Crippen molar-refractivity contribution in [2.75, 3.05) is 7.11 Å². The molecule has 14 atom stereocenters. The molecule has 5 aliphatic rings. The molecule has 2 saturated heterocycles. The standard InChI is InChI=1S/C41H60O10/c1-10-23(2)38-26(5)16-17-40(51-38)21-31-19-30(50-40)15-14-25(4)37(49-35-20-34(46-9)36(43)29(8)47-35)24(3)12-11-13-28(7)41(45)22-33(42)27(6)18-32(41)39(44)48-31/h11-14,16-18,23-24,26,29-32,34-38,43,45H,10,15,19-22H2,1-9H3/b12-11-,25-14+,28-13+/t23-,24-,26-,29-,30+,31-,32-,34-,35-,36-,37-,38+,40+,41+/m0/s1. The van der Waals surface area contributed by atoms with E-state index in [-0.39, 0.29) is 42.2 Å². The maximum atomic E-state index is 14.1. The zero-order chi connectivity index (χ0) is 37.2.